The number of hydrogen-bond acceptors (Lipinski definition) is 23. The quantitative estimate of drug-likeness (QED) is 0.0249. The number of thiophene rings is 2. The van der Waals surface area contributed by atoms with Crippen molar-refractivity contribution in [1.29, 1.82) is 0 Å². The third-order valence-corrected chi connectivity index (χ3v) is 18.0. The molecule has 0 spiro atoms. The van der Waals surface area contributed by atoms with Crippen LogP contribution in [0.25, 0.3) is 99.7 Å². The zero-order chi connectivity index (χ0) is 73.2. The highest BCUT2D eigenvalue weighted by atomic mass is 32.1. The van der Waals surface area contributed by atoms with E-state index in [1.165, 1.54) is 0 Å². The summed E-state index contributed by atoms with van der Waals surface area (Å²) in [7, 11) is 4.03. The first-order valence-corrected chi connectivity index (χ1v) is 36.7. The Balaban J connectivity index is 0.000000168. The van der Waals surface area contributed by atoms with Crippen molar-refractivity contribution in [2.24, 2.45) is 0 Å². The standard InChI is InChI=1S/C28H32N6O2.C26H28N6O2.C24H28N6O2S2/c1-4-34(5-2)18-17-29-22-19-23(31-28(35)36-6-3)30-27-26(22)32-24(20-13-9-7-10-14-20)25(33-27)21-15-11-8-12-16-21;1-4-34-26(33)29-21-17-20(27-15-16-32(2)3)24-25(28-21)31-23(19-13-9-6-10-14-19)22(30-24)18-11-7-5-8-12-18;1-4-30(5-2)12-11-25-16-15-19(27-24(31)32-6-3)26-23-20(16)28-21(17-9-7-13-33-17)22(29-23)18-10-8-14-34-18/h7-16,19H,4-6,17-18H2,1-3H3,(H2,29,30,31,33,35);5-14,17H,4,15-16H2,1-3H3,(H2,27,28,29,31,33);7-10,13-15H,4-6,11-12H2,1-3H3,(H2,25,26,27,29,31). The molecule has 538 valence electrons. The van der Waals surface area contributed by atoms with Crippen LogP contribution < -0.4 is 31.9 Å². The van der Waals surface area contributed by atoms with E-state index >= 15 is 0 Å². The SMILES string of the molecule is CCOC(=O)Nc1cc(NCCN(C)C)c2nc(-c3ccccc3)c(-c3ccccc3)nc2n1.CCOC(=O)Nc1cc(NCCN(CC)CC)c2nc(-c3ccccc3)c(-c3ccccc3)nc2n1.CCOC(=O)Nc1cc(NCCN(CC)CC)c2nc(-c3cccs3)c(-c3cccs3)nc2n1. The Bertz CT molecular complexity index is 4730. The number of fused-ring (bicyclic) bond motifs is 3. The van der Waals surface area contributed by atoms with E-state index in [0.29, 0.717) is 64.0 Å². The maximum absolute atomic E-state index is 12.1. The first kappa shape index (κ1) is 75.5. The van der Waals surface area contributed by atoms with E-state index in [2.05, 4.69) is 95.3 Å². The molecule has 0 aliphatic carbocycles. The molecule has 0 bridgehead atoms. The fraction of sp³-hybridized carbons (Fsp3) is 0.282. The Labute approximate surface area is 614 Å². The van der Waals surface area contributed by atoms with Gasteiger partial charge in [0.25, 0.3) is 0 Å². The van der Waals surface area contributed by atoms with Crippen molar-refractivity contribution in [2.75, 3.05) is 131 Å². The minimum atomic E-state index is -0.564. The van der Waals surface area contributed by atoms with Crippen molar-refractivity contribution in [1.82, 2.24) is 59.6 Å². The molecule has 0 aliphatic heterocycles. The molecule has 6 N–H and O–H groups in total. The van der Waals surface area contributed by atoms with Crippen LogP contribution in [0.4, 0.5) is 48.9 Å². The Morgan fingerprint density at radius 1 is 0.356 bits per heavy atom. The molecule has 0 fully saturated rings. The van der Waals surface area contributed by atoms with Crippen LogP contribution in [-0.4, -0.2) is 177 Å². The average Bonchev–Trinajstić information content (AvgIpc) is 1.19. The molecule has 0 saturated heterocycles. The normalized spacial score (nSPS) is 11.0. The third-order valence-electron chi connectivity index (χ3n) is 16.3. The number of benzene rings is 4. The van der Waals surface area contributed by atoms with Crippen molar-refractivity contribution >= 4 is 109 Å². The number of nitrogens with zero attached hydrogens (tertiary/aromatic N) is 12. The van der Waals surface area contributed by atoms with Crippen LogP contribution in [0.15, 0.2) is 175 Å². The molecule has 0 radical (unpaired) electrons. The lowest BCUT2D eigenvalue weighted by Crippen LogP contribution is -2.28. The number of anilines is 6. The number of ether oxygens (including phenoxy) is 3. The maximum atomic E-state index is 12.1. The van der Waals surface area contributed by atoms with Crippen LogP contribution in [0, 0.1) is 0 Å². The maximum Gasteiger partial charge on any atom is 0.412 e. The third kappa shape index (κ3) is 20.3. The lowest BCUT2D eigenvalue weighted by Gasteiger charge is -2.19. The van der Waals surface area contributed by atoms with E-state index in [-0.39, 0.29) is 19.8 Å². The molecule has 24 nitrogen and oxygen atoms in total. The zero-order valence-electron chi connectivity index (χ0n) is 60.1. The second kappa shape index (κ2) is 38.2. The van der Waals surface area contributed by atoms with Gasteiger partial charge in [-0.25, -0.2) is 59.2 Å². The molecule has 0 saturated carbocycles. The highest BCUT2D eigenvalue weighted by Gasteiger charge is 2.23. The van der Waals surface area contributed by atoms with Crippen LogP contribution in [0.3, 0.4) is 0 Å². The van der Waals surface area contributed by atoms with Crippen molar-refractivity contribution < 1.29 is 28.6 Å². The molecular weight excluding hydrogens is 1350 g/mol. The lowest BCUT2D eigenvalue weighted by atomic mass is 10.0. The Kier molecular flexibility index (Phi) is 27.7. The summed E-state index contributed by atoms with van der Waals surface area (Å²) in [6.45, 7) is 23.3. The molecule has 8 aromatic heterocycles. The molecule has 0 aliphatic rings. The second-order valence-corrected chi connectivity index (χ2v) is 25.4. The molecule has 12 aromatic rings. The van der Waals surface area contributed by atoms with Crippen LogP contribution in [-0.2, 0) is 14.2 Å². The largest absolute Gasteiger partial charge is 0.450 e. The number of carbonyl (C=O) groups excluding carboxylic acids is 3. The predicted molar refractivity (Wildman–Crippen MR) is 422 cm³/mol. The molecule has 26 heteroatoms. The molecule has 4 aromatic carbocycles. The summed E-state index contributed by atoms with van der Waals surface area (Å²) >= 11 is 3.23. The molecule has 0 atom stereocenters. The minimum absolute atomic E-state index is 0.270. The Hall–Kier alpha value is -11.2. The molecular formula is C78H88N18O6S2. The van der Waals surface area contributed by atoms with E-state index in [0.717, 1.165) is 136 Å². The van der Waals surface area contributed by atoms with Crippen molar-refractivity contribution in [3.8, 4) is 66.2 Å². The fourth-order valence-electron chi connectivity index (χ4n) is 11.1. The number of carbonyl (C=O) groups is 3. The number of nitrogens with one attached hydrogen (secondary N) is 6. The van der Waals surface area contributed by atoms with E-state index in [1.54, 1.807) is 61.6 Å². The van der Waals surface area contributed by atoms with Crippen molar-refractivity contribution in [3.63, 3.8) is 0 Å². The number of amides is 3. The Morgan fingerprint density at radius 3 is 0.933 bits per heavy atom. The summed E-state index contributed by atoms with van der Waals surface area (Å²) in [6.07, 6.45) is -1.67. The van der Waals surface area contributed by atoms with E-state index < -0.39 is 18.3 Å². The van der Waals surface area contributed by atoms with Crippen LogP contribution in [0.2, 0.25) is 0 Å². The molecule has 0 unspecified atom stereocenters. The summed E-state index contributed by atoms with van der Waals surface area (Å²) in [5, 5.41) is 22.6. The highest BCUT2D eigenvalue weighted by molar-refractivity contribution is 7.14. The van der Waals surface area contributed by atoms with Gasteiger partial charge in [-0.05, 0) is 83.9 Å². The summed E-state index contributed by atoms with van der Waals surface area (Å²) in [6, 6.07) is 53.3. The second-order valence-electron chi connectivity index (χ2n) is 23.5. The van der Waals surface area contributed by atoms with E-state index in [4.69, 9.17) is 44.1 Å². The van der Waals surface area contributed by atoms with Crippen LogP contribution >= 0.6 is 22.7 Å². The molecule has 3 amide bonds. The monoisotopic (exact) mass is 1440 g/mol. The number of aromatic nitrogens is 9. The van der Waals surface area contributed by atoms with Gasteiger partial charge in [0.1, 0.15) is 45.4 Å². The minimum Gasteiger partial charge on any atom is -0.450 e. The average molecular weight is 1440 g/mol. The number of pyridine rings is 3. The van der Waals surface area contributed by atoms with E-state index in [1.807, 2.05) is 164 Å². The molecule has 8 heterocycles. The predicted octanol–water partition coefficient (Wildman–Crippen LogP) is 16.4. The van der Waals surface area contributed by atoms with Gasteiger partial charge < -0.3 is 44.9 Å². The first-order valence-electron chi connectivity index (χ1n) is 34.9. The van der Waals surface area contributed by atoms with Gasteiger partial charge in [-0.2, -0.15) is 0 Å². The fourth-order valence-corrected chi connectivity index (χ4v) is 12.5. The summed E-state index contributed by atoms with van der Waals surface area (Å²) in [5.41, 5.74) is 13.9. The van der Waals surface area contributed by atoms with Gasteiger partial charge in [0, 0.05) is 79.7 Å². The van der Waals surface area contributed by atoms with Gasteiger partial charge in [0.05, 0.1) is 69.4 Å². The van der Waals surface area contributed by atoms with Crippen molar-refractivity contribution in [2.45, 2.75) is 48.5 Å². The topological polar surface area (TPSA) is 277 Å². The van der Waals surface area contributed by atoms with Crippen LogP contribution in [0.5, 0.6) is 0 Å². The lowest BCUT2D eigenvalue weighted by molar-refractivity contribution is 0.167. The summed E-state index contributed by atoms with van der Waals surface area (Å²) in [4.78, 5) is 88.8. The van der Waals surface area contributed by atoms with Gasteiger partial charge in [0.2, 0.25) is 0 Å². The van der Waals surface area contributed by atoms with E-state index in [9.17, 15) is 14.4 Å². The zero-order valence-corrected chi connectivity index (χ0v) is 61.7. The highest BCUT2D eigenvalue weighted by Crippen LogP contribution is 2.39. The molecule has 12 rings (SSSR count). The smallest absolute Gasteiger partial charge is 0.412 e. The summed E-state index contributed by atoms with van der Waals surface area (Å²) in [5.74, 6) is 1.07. The molecule has 104 heavy (non-hydrogen) atoms. The summed E-state index contributed by atoms with van der Waals surface area (Å²) < 4.78 is 15.1. The van der Waals surface area contributed by atoms with Gasteiger partial charge in [-0.15, -0.1) is 22.7 Å². The van der Waals surface area contributed by atoms with Gasteiger partial charge in [-0.1, -0.05) is 161 Å². The number of rotatable bonds is 28. The van der Waals surface area contributed by atoms with Gasteiger partial charge in [-0.3, -0.25) is 16.0 Å². The van der Waals surface area contributed by atoms with Gasteiger partial charge in [0.15, 0.2) is 16.9 Å². The number of likely N-dealkylation sites (N-methyl/N-ethyl adjacent to an activating group) is 3. The number of hydrogen-bond donors (Lipinski definition) is 6. The van der Waals surface area contributed by atoms with Crippen molar-refractivity contribution in [3.05, 3.63) is 175 Å². The first-order chi connectivity index (χ1) is 50.8. The Morgan fingerprint density at radius 2 is 0.644 bits per heavy atom. The van der Waals surface area contributed by atoms with Gasteiger partial charge >= 0.3 is 18.3 Å². The van der Waals surface area contributed by atoms with Crippen LogP contribution in [0.1, 0.15) is 48.5 Å².